The van der Waals surface area contributed by atoms with Crippen molar-refractivity contribution in [3.63, 3.8) is 0 Å². The molecule has 7 nitrogen and oxygen atoms in total. The van der Waals surface area contributed by atoms with Gasteiger partial charge in [0.15, 0.2) is 0 Å². The number of carbonyl (C=O) groups excluding carboxylic acids is 2. The molecule has 2 aromatic carbocycles. The average molecular weight is 564 g/mol. The number of esters is 1. The van der Waals surface area contributed by atoms with E-state index in [4.69, 9.17) is 33.7 Å². The van der Waals surface area contributed by atoms with E-state index >= 15 is 4.39 Å². The first-order valence-electron chi connectivity index (χ1n) is 12.2. The van der Waals surface area contributed by atoms with E-state index in [9.17, 15) is 20.0 Å². The summed E-state index contributed by atoms with van der Waals surface area (Å²) < 4.78 is 21.0. The first kappa shape index (κ1) is 29.9. The van der Waals surface area contributed by atoms with E-state index in [0.29, 0.717) is 17.0 Å². The van der Waals surface area contributed by atoms with Crippen molar-refractivity contribution in [1.82, 2.24) is 5.32 Å². The van der Waals surface area contributed by atoms with E-state index < -0.39 is 60.2 Å². The van der Waals surface area contributed by atoms with E-state index in [2.05, 4.69) is 11.4 Å². The molecule has 0 aliphatic carbocycles. The van der Waals surface area contributed by atoms with Crippen LogP contribution in [0.1, 0.15) is 56.2 Å². The van der Waals surface area contributed by atoms with Crippen LogP contribution in [0.3, 0.4) is 0 Å². The van der Waals surface area contributed by atoms with Gasteiger partial charge in [0.1, 0.15) is 23.9 Å². The monoisotopic (exact) mass is 563 g/mol. The fourth-order valence-corrected chi connectivity index (χ4v) is 5.50. The molecule has 1 aliphatic rings. The SMILES string of the molecule is Cc1cc([C@@]2(C#N)[C@H](CC(C)(C)C)N[C@@H](C(=O)OC[C@@H](O)CC(N)=O)[C@@H]2c2cccc(Cl)c2F)ccc1Cl. The molecule has 0 unspecified atom stereocenters. The average Bonchev–Trinajstić information content (AvgIpc) is 3.13. The van der Waals surface area contributed by atoms with Crippen molar-refractivity contribution in [2.24, 2.45) is 11.1 Å². The summed E-state index contributed by atoms with van der Waals surface area (Å²) in [5.41, 5.74) is 4.77. The Morgan fingerprint density at radius 1 is 1.26 bits per heavy atom. The quantitative estimate of drug-likeness (QED) is 0.405. The minimum absolute atomic E-state index is 0.0789. The van der Waals surface area contributed by atoms with Crippen molar-refractivity contribution in [3.8, 4) is 6.07 Å². The zero-order valence-electron chi connectivity index (χ0n) is 21.7. The molecule has 0 saturated carbocycles. The smallest absolute Gasteiger partial charge is 0.323 e. The van der Waals surface area contributed by atoms with Crippen LogP contribution in [-0.4, -0.2) is 41.8 Å². The maximum Gasteiger partial charge on any atom is 0.323 e. The van der Waals surface area contributed by atoms with Gasteiger partial charge in [-0.3, -0.25) is 14.9 Å². The van der Waals surface area contributed by atoms with Crippen LogP contribution in [0.2, 0.25) is 10.0 Å². The zero-order chi connectivity index (χ0) is 28.4. The lowest BCUT2D eigenvalue weighted by atomic mass is 9.62. The van der Waals surface area contributed by atoms with Gasteiger partial charge >= 0.3 is 5.97 Å². The van der Waals surface area contributed by atoms with E-state index in [-0.39, 0.29) is 16.0 Å². The predicted molar refractivity (Wildman–Crippen MR) is 143 cm³/mol. The van der Waals surface area contributed by atoms with E-state index in [1.54, 1.807) is 31.2 Å². The molecule has 38 heavy (non-hydrogen) atoms. The number of nitrogens with one attached hydrogen (secondary N) is 1. The molecule has 1 amide bonds. The summed E-state index contributed by atoms with van der Waals surface area (Å²) in [6, 6.07) is 10.3. The molecule has 0 spiro atoms. The number of halogens is 3. The van der Waals surface area contributed by atoms with Gasteiger partial charge in [-0.1, -0.05) is 68.2 Å². The van der Waals surface area contributed by atoms with Gasteiger partial charge in [-0.05, 0) is 47.6 Å². The van der Waals surface area contributed by atoms with Gasteiger partial charge in [0.2, 0.25) is 5.91 Å². The van der Waals surface area contributed by atoms with Crippen LogP contribution >= 0.6 is 23.2 Å². The fraction of sp³-hybridized carbons (Fsp3) is 0.464. The number of aryl methyl sites for hydroxylation is 1. The normalized spacial score (nSPS) is 24.0. The standard InChI is InChI=1S/C28H32Cl2FN3O4/c1-15-10-16(8-9-19(15)29)28(14-32)21(12-27(2,3)4)34-25(26(37)38-13-17(35)11-22(33)36)23(28)18-6-5-7-20(30)24(18)31/h5-10,17,21,23,25,34-35H,11-13H2,1-4H3,(H2,33,36)/t17-,21-,23-,25+,28-/m0/s1. The molecule has 0 radical (unpaired) electrons. The van der Waals surface area contributed by atoms with Crippen LogP contribution in [0.15, 0.2) is 36.4 Å². The highest BCUT2D eigenvalue weighted by molar-refractivity contribution is 6.31. The molecule has 10 heteroatoms. The van der Waals surface area contributed by atoms with Gasteiger partial charge in [0.05, 0.1) is 23.6 Å². The Morgan fingerprint density at radius 2 is 1.95 bits per heavy atom. The molecule has 0 aromatic heterocycles. The lowest BCUT2D eigenvalue weighted by Crippen LogP contribution is -2.44. The minimum atomic E-state index is -1.43. The van der Waals surface area contributed by atoms with Gasteiger partial charge in [0.25, 0.3) is 0 Å². The molecule has 1 heterocycles. The number of ether oxygens (including phenoxy) is 1. The third-order valence-corrected chi connectivity index (χ3v) is 7.53. The predicted octanol–water partition coefficient (Wildman–Crippen LogP) is 4.54. The first-order valence-corrected chi connectivity index (χ1v) is 13.0. The van der Waals surface area contributed by atoms with Crippen LogP contribution in [0.25, 0.3) is 0 Å². The zero-order valence-corrected chi connectivity index (χ0v) is 23.2. The number of nitriles is 1. The highest BCUT2D eigenvalue weighted by Gasteiger charge is 2.60. The first-order chi connectivity index (χ1) is 17.7. The maximum absolute atomic E-state index is 15.6. The molecule has 4 N–H and O–H groups in total. The topological polar surface area (TPSA) is 125 Å². The van der Waals surface area contributed by atoms with Crippen LogP contribution in [0.4, 0.5) is 4.39 Å². The Balaban J connectivity index is 2.22. The highest BCUT2D eigenvalue weighted by atomic mass is 35.5. The molecular formula is C28H32Cl2FN3O4. The molecule has 3 rings (SSSR count). The number of benzene rings is 2. The number of amides is 1. The molecule has 2 aromatic rings. The van der Waals surface area contributed by atoms with Crippen LogP contribution in [0, 0.1) is 29.5 Å². The summed E-state index contributed by atoms with van der Waals surface area (Å²) in [6.07, 6.45) is -1.24. The van der Waals surface area contributed by atoms with Gasteiger partial charge < -0.3 is 15.6 Å². The third-order valence-electron chi connectivity index (χ3n) is 6.82. The van der Waals surface area contributed by atoms with Gasteiger partial charge in [-0.15, -0.1) is 0 Å². The molecule has 5 atom stereocenters. The lowest BCUT2D eigenvalue weighted by Gasteiger charge is -2.37. The van der Waals surface area contributed by atoms with Gasteiger partial charge in [0, 0.05) is 17.0 Å². The number of nitrogens with two attached hydrogens (primary N) is 1. The summed E-state index contributed by atoms with van der Waals surface area (Å²) in [5, 5.41) is 24.5. The minimum Gasteiger partial charge on any atom is -0.462 e. The fourth-order valence-electron chi connectivity index (χ4n) is 5.20. The maximum atomic E-state index is 15.6. The molecule has 1 saturated heterocycles. The number of rotatable bonds is 8. The Morgan fingerprint density at radius 3 is 2.53 bits per heavy atom. The Hall–Kier alpha value is -2.70. The summed E-state index contributed by atoms with van der Waals surface area (Å²) >= 11 is 12.5. The van der Waals surface area contributed by atoms with Crippen molar-refractivity contribution < 1.29 is 23.8 Å². The summed E-state index contributed by atoms with van der Waals surface area (Å²) in [4.78, 5) is 24.6. The van der Waals surface area contributed by atoms with Crippen LogP contribution < -0.4 is 11.1 Å². The Bertz CT molecular complexity index is 1260. The van der Waals surface area contributed by atoms with Crippen molar-refractivity contribution >= 4 is 35.1 Å². The van der Waals surface area contributed by atoms with Crippen LogP contribution in [0.5, 0.6) is 0 Å². The van der Waals surface area contributed by atoms with Crippen LogP contribution in [-0.2, 0) is 19.7 Å². The summed E-state index contributed by atoms with van der Waals surface area (Å²) in [6.45, 7) is 7.33. The van der Waals surface area contributed by atoms with E-state index in [1.165, 1.54) is 12.1 Å². The number of aliphatic hydroxyl groups is 1. The lowest BCUT2D eigenvalue weighted by molar-refractivity contribution is -0.150. The molecule has 0 bridgehead atoms. The third kappa shape index (κ3) is 6.13. The second-order valence-corrected chi connectivity index (χ2v) is 11.8. The Labute approximate surface area is 232 Å². The second-order valence-electron chi connectivity index (χ2n) is 11.0. The number of primary amides is 1. The Kier molecular flexibility index (Phi) is 9.10. The number of hydrogen-bond acceptors (Lipinski definition) is 6. The molecular weight excluding hydrogens is 532 g/mol. The number of hydrogen-bond donors (Lipinski definition) is 3. The van der Waals surface area contributed by atoms with Crippen molar-refractivity contribution in [3.05, 3.63) is 69.0 Å². The summed E-state index contributed by atoms with van der Waals surface area (Å²) in [5.74, 6) is -3.35. The van der Waals surface area contributed by atoms with Crippen molar-refractivity contribution in [1.29, 1.82) is 5.26 Å². The van der Waals surface area contributed by atoms with E-state index in [0.717, 1.165) is 5.56 Å². The molecule has 204 valence electrons. The highest BCUT2D eigenvalue weighted by Crippen LogP contribution is 2.52. The van der Waals surface area contributed by atoms with Crippen molar-refractivity contribution in [2.45, 2.75) is 70.1 Å². The van der Waals surface area contributed by atoms with Gasteiger partial charge in [-0.25, -0.2) is 4.39 Å². The number of nitrogens with zero attached hydrogens (tertiary/aromatic N) is 1. The second kappa shape index (κ2) is 11.6. The largest absolute Gasteiger partial charge is 0.462 e. The summed E-state index contributed by atoms with van der Waals surface area (Å²) in [7, 11) is 0. The molecule has 1 fully saturated rings. The van der Waals surface area contributed by atoms with Crippen molar-refractivity contribution in [2.75, 3.05) is 6.61 Å². The molecule has 1 aliphatic heterocycles. The number of aliphatic hydroxyl groups excluding tert-OH is 1. The number of carbonyl (C=O) groups is 2. The van der Waals surface area contributed by atoms with E-state index in [1.807, 2.05) is 20.8 Å². The van der Waals surface area contributed by atoms with Gasteiger partial charge in [-0.2, -0.15) is 5.26 Å².